The lowest BCUT2D eigenvalue weighted by Crippen LogP contribution is -2.23. The molecule has 112 valence electrons. The maximum atomic E-state index is 6.42. The van der Waals surface area contributed by atoms with Gasteiger partial charge in [-0.05, 0) is 36.0 Å². The van der Waals surface area contributed by atoms with Crippen molar-refractivity contribution in [1.82, 2.24) is 5.32 Å². The molecule has 1 atom stereocenters. The van der Waals surface area contributed by atoms with Crippen LogP contribution in [0.2, 0.25) is 5.02 Å². The van der Waals surface area contributed by atoms with Crippen LogP contribution in [0.4, 0.5) is 5.69 Å². The first kappa shape index (κ1) is 15.7. The molecule has 0 radical (unpaired) electrons. The Hall–Kier alpha value is -0.730. The highest BCUT2D eigenvalue weighted by atomic mass is 35.5. The summed E-state index contributed by atoms with van der Waals surface area (Å²) in [6.07, 6.45) is 1.30. The van der Waals surface area contributed by atoms with Gasteiger partial charge in [0.2, 0.25) is 0 Å². The van der Waals surface area contributed by atoms with Crippen molar-refractivity contribution >= 4 is 17.3 Å². The maximum Gasteiger partial charge on any atom is 0.0471 e. The molecule has 0 amide bonds. The van der Waals surface area contributed by atoms with Gasteiger partial charge in [0, 0.05) is 36.4 Å². The van der Waals surface area contributed by atoms with E-state index in [-0.39, 0.29) is 0 Å². The molecule has 1 N–H and O–H groups in total. The normalized spacial score (nSPS) is 19.4. The topological polar surface area (TPSA) is 15.3 Å². The zero-order valence-corrected chi connectivity index (χ0v) is 13.9. The standard InChI is InChI=1S/C17H27ClN2/c1-12(2)15-7-8-20(11-15)16-6-5-14(17(18)9-16)10-19-13(3)4/h5-6,9,12-13,15,19H,7-8,10-11H2,1-4H3. The van der Waals surface area contributed by atoms with E-state index in [4.69, 9.17) is 11.6 Å². The number of nitrogens with one attached hydrogen (secondary N) is 1. The second-order valence-corrected chi connectivity index (χ2v) is 6.96. The number of hydrogen-bond acceptors (Lipinski definition) is 2. The minimum Gasteiger partial charge on any atom is -0.371 e. The van der Waals surface area contributed by atoms with Crippen molar-refractivity contribution in [3.8, 4) is 0 Å². The van der Waals surface area contributed by atoms with E-state index in [1.165, 1.54) is 17.7 Å². The van der Waals surface area contributed by atoms with Crippen LogP contribution < -0.4 is 10.2 Å². The van der Waals surface area contributed by atoms with Gasteiger partial charge >= 0.3 is 0 Å². The van der Waals surface area contributed by atoms with Gasteiger partial charge in [0.05, 0.1) is 0 Å². The van der Waals surface area contributed by atoms with Crippen molar-refractivity contribution in [2.24, 2.45) is 11.8 Å². The van der Waals surface area contributed by atoms with Gasteiger partial charge in [0.1, 0.15) is 0 Å². The van der Waals surface area contributed by atoms with Crippen LogP contribution >= 0.6 is 11.6 Å². The molecule has 3 heteroatoms. The zero-order valence-electron chi connectivity index (χ0n) is 13.1. The Morgan fingerprint density at radius 2 is 2.05 bits per heavy atom. The highest BCUT2D eigenvalue weighted by Gasteiger charge is 2.25. The minimum absolute atomic E-state index is 0.483. The first-order chi connectivity index (χ1) is 9.47. The van der Waals surface area contributed by atoms with Crippen molar-refractivity contribution in [2.45, 2.75) is 46.7 Å². The van der Waals surface area contributed by atoms with Gasteiger partial charge in [-0.15, -0.1) is 0 Å². The molecule has 0 saturated carbocycles. The summed E-state index contributed by atoms with van der Waals surface area (Å²) in [6.45, 7) is 12.1. The molecule has 1 aromatic carbocycles. The van der Waals surface area contributed by atoms with Gasteiger partial charge in [-0.2, -0.15) is 0 Å². The Morgan fingerprint density at radius 3 is 2.60 bits per heavy atom. The van der Waals surface area contributed by atoms with Gasteiger partial charge in [0.15, 0.2) is 0 Å². The molecule has 1 unspecified atom stereocenters. The quantitative estimate of drug-likeness (QED) is 0.870. The van der Waals surface area contributed by atoms with E-state index in [1.807, 2.05) is 0 Å². The molecule has 0 spiro atoms. The predicted octanol–water partition coefficient (Wildman–Crippen LogP) is 4.32. The van der Waals surface area contributed by atoms with Gasteiger partial charge < -0.3 is 10.2 Å². The largest absolute Gasteiger partial charge is 0.371 e. The summed E-state index contributed by atoms with van der Waals surface area (Å²) in [4.78, 5) is 2.47. The maximum absolute atomic E-state index is 6.42. The van der Waals surface area contributed by atoms with Crippen LogP contribution in [-0.4, -0.2) is 19.1 Å². The fraction of sp³-hybridized carbons (Fsp3) is 0.647. The van der Waals surface area contributed by atoms with E-state index in [9.17, 15) is 0 Å². The van der Waals surface area contributed by atoms with Gasteiger partial charge in [-0.1, -0.05) is 45.4 Å². The molecule has 0 aliphatic carbocycles. The number of anilines is 1. The molecule has 0 bridgehead atoms. The molecule has 2 nitrogen and oxygen atoms in total. The van der Waals surface area contributed by atoms with Crippen molar-refractivity contribution in [3.05, 3.63) is 28.8 Å². The SMILES string of the molecule is CC(C)NCc1ccc(N2CCC(C(C)C)C2)cc1Cl. The average Bonchev–Trinajstić information content (AvgIpc) is 2.86. The molecule has 1 aliphatic heterocycles. The monoisotopic (exact) mass is 294 g/mol. The lowest BCUT2D eigenvalue weighted by atomic mass is 9.95. The van der Waals surface area contributed by atoms with Crippen LogP contribution in [0, 0.1) is 11.8 Å². The van der Waals surface area contributed by atoms with E-state index in [0.29, 0.717) is 6.04 Å². The number of nitrogens with zero attached hydrogens (tertiary/aromatic N) is 1. The number of hydrogen-bond donors (Lipinski definition) is 1. The van der Waals surface area contributed by atoms with Crippen molar-refractivity contribution in [1.29, 1.82) is 0 Å². The van der Waals surface area contributed by atoms with Gasteiger partial charge in [0.25, 0.3) is 0 Å². The van der Waals surface area contributed by atoms with E-state index in [0.717, 1.165) is 36.5 Å². The Kier molecular flexibility index (Phi) is 5.34. The smallest absolute Gasteiger partial charge is 0.0471 e. The second kappa shape index (κ2) is 6.82. The lowest BCUT2D eigenvalue weighted by molar-refractivity contribution is 0.423. The molecule has 0 aromatic heterocycles. The fourth-order valence-electron chi connectivity index (χ4n) is 2.76. The van der Waals surface area contributed by atoms with Crippen molar-refractivity contribution in [3.63, 3.8) is 0 Å². The first-order valence-electron chi connectivity index (χ1n) is 7.74. The summed E-state index contributed by atoms with van der Waals surface area (Å²) in [5.41, 5.74) is 2.45. The van der Waals surface area contributed by atoms with Crippen molar-refractivity contribution < 1.29 is 0 Å². The predicted molar refractivity (Wildman–Crippen MR) is 88.6 cm³/mol. The molecule has 2 rings (SSSR count). The molecule has 20 heavy (non-hydrogen) atoms. The molecular weight excluding hydrogens is 268 g/mol. The number of halogens is 1. The van der Waals surface area contributed by atoms with E-state index < -0.39 is 0 Å². The first-order valence-corrected chi connectivity index (χ1v) is 8.12. The average molecular weight is 295 g/mol. The third kappa shape index (κ3) is 3.89. The van der Waals surface area contributed by atoms with Crippen LogP contribution in [0.1, 0.15) is 39.7 Å². The van der Waals surface area contributed by atoms with Gasteiger partial charge in [-0.25, -0.2) is 0 Å². The van der Waals surface area contributed by atoms with Crippen LogP contribution in [0.5, 0.6) is 0 Å². The van der Waals surface area contributed by atoms with Gasteiger partial charge in [-0.3, -0.25) is 0 Å². The summed E-state index contributed by atoms with van der Waals surface area (Å²) >= 11 is 6.42. The highest BCUT2D eigenvalue weighted by Crippen LogP contribution is 2.30. The summed E-state index contributed by atoms with van der Waals surface area (Å²) in [5, 5.41) is 4.29. The van der Waals surface area contributed by atoms with Crippen LogP contribution in [0.25, 0.3) is 0 Å². The molecule has 1 aliphatic rings. The van der Waals surface area contributed by atoms with Crippen LogP contribution in [0.3, 0.4) is 0 Å². The molecule has 1 heterocycles. The zero-order chi connectivity index (χ0) is 14.7. The third-order valence-corrected chi connectivity index (χ3v) is 4.62. The Morgan fingerprint density at radius 1 is 1.30 bits per heavy atom. The molecule has 1 fully saturated rings. The lowest BCUT2D eigenvalue weighted by Gasteiger charge is -2.21. The Labute approximate surface area is 128 Å². The fourth-order valence-corrected chi connectivity index (χ4v) is 3.00. The van der Waals surface area contributed by atoms with E-state index in [2.05, 4.69) is 56.1 Å². The Bertz CT molecular complexity index is 443. The summed E-state index contributed by atoms with van der Waals surface area (Å²) in [5.74, 6) is 1.58. The number of benzene rings is 1. The molecule has 1 saturated heterocycles. The van der Waals surface area contributed by atoms with E-state index in [1.54, 1.807) is 0 Å². The summed E-state index contributed by atoms with van der Waals surface area (Å²) in [7, 11) is 0. The third-order valence-electron chi connectivity index (χ3n) is 4.27. The number of rotatable bonds is 5. The van der Waals surface area contributed by atoms with Crippen molar-refractivity contribution in [2.75, 3.05) is 18.0 Å². The molecular formula is C17H27ClN2. The highest BCUT2D eigenvalue weighted by molar-refractivity contribution is 6.31. The van der Waals surface area contributed by atoms with Crippen LogP contribution in [0.15, 0.2) is 18.2 Å². The van der Waals surface area contributed by atoms with Crippen LogP contribution in [-0.2, 0) is 6.54 Å². The Balaban J connectivity index is 2.02. The molecule has 1 aromatic rings. The minimum atomic E-state index is 0.483. The summed E-state index contributed by atoms with van der Waals surface area (Å²) < 4.78 is 0. The van der Waals surface area contributed by atoms with E-state index >= 15 is 0 Å². The second-order valence-electron chi connectivity index (χ2n) is 6.55. The summed E-state index contributed by atoms with van der Waals surface area (Å²) in [6, 6.07) is 6.99.